The zero-order valence-corrected chi connectivity index (χ0v) is 13.3. The Morgan fingerprint density at radius 1 is 1.37 bits per heavy atom. The van der Waals surface area contributed by atoms with Crippen LogP contribution in [0.15, 0.2) is 23.1 Å². The summed E-state index contributed by atoms with van der Waals surface area (Å²) in [6.07, 6.45) is 0. The number of ether oxygens (including phenoxy) is 1. The summed E-state index contributed by atoms with van der Waals surface area (Å²) in [5.74, 6) is 0. The van der Waals surface area contributed by atoms with Crippen LogP contribution < -0.4 is 0 Å². The molecule has 0 radical (unpaired) electrons. The number of benzene rings is 1. The van der Waals surface area contributed by atoms with Crippen molar-refractivity contribution in [2.75, 3.05) is 27.3 Å². The number of alkyl halides is 1. The van der Waals surface area contributed by atoms with Crippen LogP contribution in [0.25, 0.3) is 0 Å². The second-order valence-corrected chi connectivity index (χ2v) is 7.24. The first-order valence-corrected chi connectivity index (χ1v) is 7.83. The molecular weight excluding hydrogens is 286 g/mol. The molecule has 1 atom stereocenters. The van der Waals surface area contributed by atoms with E-state index in [-0.39, 0.29) is 11.9 Å². The molecule has 0 saturated heterocycles. The average Bonchev–Trinajstić information content (AvgIpc) is 2.28. The summed E-state index contributed by atoms with van der Waals surface area (Å²) in [5.41, 5.74) is 1.78. The number of rotatable bonds is 6. The lowest BCUT2D eigenvalue weighted by atomic mass is 10.2. The molecule has 0 saturated carbocycles. The summed E-state index contributed by atoms with van der Waals surface area (Å²) in [7, 11) is -0.443. The fourth-order valence-corrected chi connectivity index (χ4v) is 3.70. The van der Waals surface area contributed by atoms with Gasteiger partial charge in [0.05, 0.1) is 16.9 Å². The predicted molar refractivity (Wildman–Crippen MR) is 77.2 cm³/mol. The fraction of sp³-hybridized carbons (Fsp3) is 0.538. The van der Waals surface area contributed by atoms with Crippen LogP contribution in [0.3, 0.4) is 0 Å². The zero-order valence-electron chi connectivity index (χ0n) is 11.7. The molecule has 19 heavy (non-hydrogen) atoms. The van der Waals surface area contributed by atoms with Gasteiger partial charge in [0.1, 0.15) is 0 Å². The highest BCUT2D eigenvalue weighted by Gasteiger charge is 2.24. The van der Waals surface area contributed by atoms with Crippen molar-refractivity contribution < 1.29 is 13.2 Å². The first-order chi connectivity index (χ1) is 8.78. The van der Waals surface area contributed by atoms with Gasteiger partial charge in [-0.1, -0.05) is 17.7 Å². The Hall–Kier alpha value is -0.620. The lowest BCUT2D eigenvalue weighted by molar-refractivity contribution is 0.192. The van der Waals surface area contributed by atoms with Gasteiger partial charge in [-0.25, -0.2) is 8.42 Å². The van der Waals surface area contributed by atoms with Gasteiger partial charge < -0.3 is 4.74 Å². The van der Waals surface area contributed by atoms with Crippen LogP contribution in [-0.4, -0.2) is 45.4 Å². The topological polar surface area (TPSA) is 46.6 Å². The van der Waals surface area contributed by atoms with Crippen molar-refractivity contribution in [3.63, 3.8) is 0 Å². The van der Waals surface area contributed by atoms with Crippen LogP contribution in [0.1, 0.15) is 11.1 Å². The molecule has 6 heteroatoms. The van der Waals surface area contributed by atoms with Crippen molar-refractivity contribution in [1.82, 2.24) is 4.31 Å². The minimum absolute atomic E-state index is 0.213. The summed E-state index contributed by atoms with van der Waals surface area (Å²) in [5, 5.41) is -0.365. The van der Waals surface area contributed by atoms with E-state index in [2.05, 4.69) is 0 Å². The summed E-state index contributed by atoms with van der Waals surface area (Å²) in [6.45, 7) is 4.25. The summed E-state index contributed by atoms with van der Waals surface area (Å²) >= 11 is 6.00. The predicted octanol–water partition coefficient (Wildman–Crippen LogP) is 2.18. The maximum atomic E-state index is 12.4. The minimum Gasteiger partial charge on any atom is -0.383 e. The Morgan fingerprint density at radius 2 is 2.00 bits per heavy atom. The molecule has 0 heterocycles. The third kappa shape index (κ3) is 4.18. The number of hydrogen-bond acceptors (Lipinski definition) is 3. The number of aryl methyl sites for hydroxylation is 2. The molecule has 1 rings (SSSR count). The maximum Gasteiger partial charge on any atom is 0.243 e. The van der Waals surface area contributed by atoms with Gasteiger partial charge in [0.2, 0.25) is 10.0 Å². The Kier molecular flexibility index (Phi) is 5.80. The summed E-state index contributed by atoms with van der Waals surface area (Å²) in [6, 6.07) is 5.28. The van der Waals surface area contributed by atoms with Crippen molar-refractivity contribution in [2.45, 2.75) is 24.1 Å². The van der Waals surface area contributed by atoms with Gasteiger partial charge >= 0.3 is 0 Å². The molecule has 0 spiro atoms. The highest BCUT2D eigenvalue weighted by atomic mass is 35.5. The molecule has 1 aromatic carbocycles. The van der Waals surface area contributed by atoms with Crippen LogP contribution in [0.4, 0.5) is 0 Å². The molecule has 108 valence electrons. The Labute approximate surface area is 120 Å². The van der Waals surface area contributed by atoms with Crippen molar-refractivity contribution in [1.29, 1.82) is 0 Å². The first-order valence-electron chi connectivity index (χ1n) is 5.95. The molecular formula is C13H20ClNO3S. The van der Waals surface area contributed by atoms with Gasteiger partial charge in [0.25, 0.3) is 0 Å². The molecule has 0 fully saturated rings. The quantitative estimate of drug-likeness (QED) is 0.757. The molecule has 1 unspecified atom stereocenters. The number of nitrogens with zero attached hydrogens (tertiary/aromatic N) is 1. The lowest BCUT2D eigenvalue weighted by Gasteiger charge is -2.21. The number of halogens is 1. The van der Waals surface area contributed by atoms with E-state index >= 15 is 0 Å². The van der Waals surface area contributed by atoms with Crippen molar-refractivity contribution in [2.24, 2.45) is 0 Å². The van der Waals surface area contributed by atoms with E-state index in [1.54, 1.807) is 19.1 Å². The van der Waals surface area contributed by atoms with E-state index in [9.17, 15) is 8.42 Å². The fourth-order valence-electron chi connectivity index (χ4n) is 1.87. The van der Waals surface area contributed by atoms with Crippen molar-refractivity contribution in [3.05, 3.63) is 29.3 Å². The number of methoxy groups -OCH3 is 1. The molecule has 0 aliphatic rings. The normalized spacial score (nSPS) is 13.8. The average molecular weight is 306 g/mol. The van der Waals surface area contributed by atoms with E-state index in [4.69, 9.17) is 16.3 Å². The summed E-state index contributed by atoms with van der Waals surface area (Å²) in [4.78, 5) is 0.321. The smallest absolute Gasteiger partial charge is 0.243 e. The highest BCUT2D eigenvalue weighted by Crippen LogP contribution is 2.20. The third-order valence-electron chi connectivity index (χ3n) is 2.82. The van der Waals surface area contributed by atoms with Crippen molar-refractivity contribution >= 4 is 21.6 Å². The minimum atomic E-state index is -3.51. The van der Waals surface area contributed by atoms with E-state index in [0.29, 0.717) is 11.5 Å². The van der Waals surface area contributed by atoms with Gasteiger partial charge in [0.15, 0.2) is 0 Å². The molecule has 0 bridgehead atoms. The molecule has 0 aliphatic heterocycles. The molecule has 4 nitrogen and oxygen atoms in total. The SMILES string of the molecule is COCC(Cl)CN(C)S(=O)(=O)c1ccc(C)cc1C. The maximum absolute atomic E-state index is 12.4. The van der Waals surface area contributed by atoms with Crippen LogP contribution in [0.5, 0.6) is 0 Å². The zero-order chi connectivity index (χ0) is 14.6. The van der Waals surface area contributed by atoms with Crippen LogP contribution in [0, 0.1) is 13.8 Å². The van der Waals surface area contributed by atoms with Gasteiger partial charge in [-0.15, -0.1) is 11.6 Å². The van der Waals surface area contributed by atoms with E-state index in [0.717, 1.165) is 11.1 Å². The second kappa shape index (κ2) is 6.70. The molecule has 0 aromatic heterocycles. The molecule has 0 amide bonds. The van der Waals surface area contributed by atoms with Crippen LogP contribution >= 0.6 is 11.6 Å². The first kappa shape index (κ1) is 16.4. The largest absolute Gasteiger partial charge is 0.383 e. The number of hydrogen-bond donors (Lipinski definition) is 0. The van der Waals surface area contributed by atoms with E-state index in [1.165, 1.54) is 18.5 Å². The Bertz CT molecular complexity index is 531. The molecule has 1 aromatic rings. The Balaban J connectivity index is 2.97. The monoisotopic (exact) mass is 305 g/mol. The lowest BCUT2D eigenvalue weighted by Crippen LogP contribution is -2.34. The molecule has 0 aliphatic carbocycles. The van der Waals surface area contributed by atoms with Crippen LogP contribution in [-0.2, 0) is 14.8 Å². The highest BCUT2D eigenvalue weighted by molar-refractivity contribution is 7.89. The van der Waals surface area contributed by atoms with Gasteiger partial charge in [-0.3, -0.25) is 0 Å². The third-order valence-corrected chi connectivity index (χ3v) is 5.07. The standard InChI is InChI=1S/C13H20ClNO3S/c1-10-5-6-13(11(2)7-10)19(16,17)15(3)8-12(14)9-18-4/h5-7,12H,8-9H2,1-4H3. The van der Waals surface area contributed by atoms with Crippen LogP contribution in [0.2, 0.25) is 0 Å². The van der Waals surface area contributed by atoms with E-state index in [1.807, 2.05) is 13.0 Å². The second-order valence-electron chi connectivity index (χ2n) is 4.61. The van der Waals surface area contributed by atoms with Gasteiger partial charge in [-0.05, 0) is 25.5 Å². The summed E-state index contributed by atoms with van der Waals surface area (Å²) < 4.78 is 31.0. The van der Waals surface area contributed by atoms with Gasteiger partial charge in [-0.2, -0.15) is 4.31 Å². The van der Waals surface area contributed by atoms with E-state index < -0.39 is 10.0 Å². The van der Waals surface area contributed by atoms with Gasteiger partial charge in [0, 0.05) is 20.7 Å². The van der Waals surface area contributed by atoms with Crippen molar-refractivity contribution in [3.8, 4) is 0 Å². The molecule has 0 N–H and O–H groups in total. The number of sulfonamides is 1. The Morgan fingerprint density at radius 3 is 2.53 bits per heavy atom.